The van der Waals surface area contributed by atoms with Crippen LogP contribution >= 0.6 is 0 Å². The predicted octanol–water partition coefficient (Wildman–Crippen LogP) is -0.548. The fourth-order valence-corrected chi connectivity index (χ4v) is 3.46. The Balaban J connectivity index is 1.33. The molecule has 0 bridgehead atoms. The number of aromatic nitrogens is 2. The Labute approximate surface area is 158 Å². The van der Waals surface area contributed by atoms with E-state index in [1.165, 1.54) is 0 Å². The molecule has 1 unspecified atom stereocenters. The molecule has 0 aromatic carbocycles. The van der Waals surface area contributed by atoms with Gasteiger partial charge in [0, 0.05) is 51.0 Å². The Morgan fingerprint density at radius 2 is 1.74 bits per heavy atom. The smallest absolute Gasteiger partial charge is 0.232 e. The molecule has 0 radical (unpaired) electrons. The highest BCUT2D eigenvalue weighted by molar-refractivity contribution is 6.00. The fourth-order valence-electron chi connectivity index (χ4n) is 3.46. The van der Waals surface area contributed by atoms with Crippen molar-refractivity contribution in [2.45, 2.75) is 25.7 Å². The normalized spacial score (nSPS) is 20.7. The van der Waals surface area contributed by atoms with Gasteiger partial charge < -0.3 is 20.9 Å². The molecule has 3 heterocycles. The maximum Gasteiger partial charge on any atom is 0.232 e. The molecule has 9 nitrogen and oxygen atoms in total. The summed E-state index contributed by atoms with van der Waals surface area (Å²) in [5, 5.41) is 8.30. The summed E-state index contributed by atoms with van der Waals surface area (Å²) >= 11 is 0. The lowest BCUT2D eigenvalue weighted by atomic mass is 9.96. The first kappa shape index (κ1) is 19.1. The summed E-state index contributed by atoms with van der Waals surface area (Å²) in [7, 11) is 0. The summed E-state index contributed by atoms with van der Waals surface area (Å²) in [4.78, 5) is 46.5. The van der Waals surface area contributed by atoms with Crippen LogP contribution < -0.4 is 20.9 Å². The summed E-state index contributed by atoms with van der Waals surface area (Å²) in [6.07, 6.45) is 6.32. The maximum absolute atomic E-state index is 12.3. The Bertz CT molecular complexity index is 660. The Hall–Kier alpha value is -2.71. The van der Waals surface area contributed by atoms with Gasteiger partial charge in [0.25, 0.3) is 0 Å². The highest BCUT2D eigenvalue weighted by Crippen LogP contribution is 2.20. The zero-order chi connectivity index (χ0) is 19.1. The van der Waals surface area contributed by atoms with E-state index in [1.807, 2.05) is 0 Å². The molecular weight excluding hydrogens is 348 g/mol. The van der Waals surface area contributed by atoms with Crippen molar-refractivity contribution in [2.75, 3.05) is 37.6 Å². The molecule has 9 heteroatoms. The lowest BCUT2D eigenvalue weighted by Crippen LogP contribution is -2.47. The summed E-state index contributed by atoms with van der Waals surface area (Å²) < 4.78 is 0. The molecule has 27 heavy (non-hydrogen) atoms. The lowest BCUT2D eigenvalue weighted by Gasteiger charge is -2.31. The topological polar surface area (TPSA) is 116 Å². The number of amides is 3. The van der Waals surface area contributed by atoms with Gasteiger partial charge in [-0.25, -0.2) is 9.97 Å². The molecule has 2 fully saturated rings. The summed E-state index contributed by atoms with van der Waals surface area (Å²) in [5.74, 6) is -0.419. The van der Waals surface area contributed by atoms with Gasteiger partial charge >= 0.3 is 0 Å². The van der Waals surface area contributed by atoms with Crippen LogP contribution in [0.2, 0.25) is 0 Å². The molecule has 2 aliphatic rings. The van der Waals surface area contributed by atoms with Crippen LogP contribution in [-0.4, -0.2) is 60.4 Å². The predicted molar refractivity (Wildman–Crippen MR) is 98.7 cm³/mol. The standard InChI is InChI=1S/C18H26N6O3/c25-15(13-4-11-24(12-5-13)18-22-7-2-8-23-18)20-9-10-21-17(27)14-3-1-6-19-16(14)26/h2,7-8,13-14H,1,3-6,9-12H2,(H,19,26)(H,20,25)(H,21,27). The van der Waals surface area contributed by atoms with Gasteiger partial charge in [-0.1, -0.05) is 0 Å². The molecule has 1 atom stereocenters. The number of rotatable bonds is 6. The minimum Gasteiger partial charge on any atom is -0.355 e. The van der Waals surface area contributed by atoms with Crippen molar-refractivity contribution >= 4 is 23.7 Å². The Morgan fingerprint density at radius 1 is 1.07 bits per heavy atom. The number of carbonyl (C=O) groups excluding carboxylic acids is 3. The highest BCUT2D eigenvalue weighted by Gasteiger charge is 2.29. The van der Waals surface area contributed by atoms with E-state index in [-0.39, 0.29) is 23.6 Å². The van der Waals surface area contributed by atoms with Crippen molar-refractivity contribution in [1.29, 1.82) is 0 Å². The van der Waals surface area contributed by atoms with E-state index in [0.29, 0.717) is 32.0 Å². The minimum atomic E-state index is -0.612. The van der Waals surface area contributed by atoms with E-state index in [4.69, 9.17) is 0 Å². The molecule has 3 N–H and O–H groups in total. The minimum absolute atomic E-state index is 0.00767. The van der Waals surface area contributed by atoms with Crippen molar-refractivity contribution < 1.29 is 14.4 Å². The van der Waals surface area contributed by atoms with E-state index >= 15 is 0 Å². The van der Waals surface area contributed by atoms with E-state index in [2.05, 4.69) is 30.8 Å². The van der Waals surface area contributed by atoms with Crippen LogP contribution in [0.5, 0.6) is 0 Å². The summed E-state index contributed by atoms with van der Waals surface area (Å²) in [6.45, 7) is 2.81. The van der Waals surface area contributed by atoms with Crippen molar-refractivity contribution in [2.24, 2.45) is 11.8 Å². The van der Waals surface area contributed by atoms with Crippen molar-refractivity contribution in [1.82, 2.24) is 25.9 Å². The van der Waals surface area contributed by atoms with Crippen molar-refractivity contribution in [3.05, 3.63) is 18.5 Å². The summed E-state index contributed by atoms with van der Waals surface area (Å²) in [6, 6.07) is 1.78. The van der Waals surface area contributed by atoms with Gasteiger partial charge in [0.1, 0.15) is 5.92 Å². The SMILES string of the molecule is O=C(NCCNC(=O)C1CCCNC1=O)C1CCN(c2ncccn2)CC1. The van der Waals surface area contributed by atoms with Gasteiger partial charge in [0.05, 0.1) is 0 Å². The van der Waals surface area contributed by atoms with Gasteiger partial charge in [-0.3, -0.25) is 14.4 Å². The van der Waals surface area contributed by atoms with E-state index in [1.54, 1.807) is 18.5 Å². The maximum atomic E-state index is 12.3. The average molecular weight is 374 g/mol. The molecule has 3 amide bonds. The van der Waals surface area contributed by atoms with Gasteiger partial charge in [-0.2, -0.15) is 0 Å². The zero-order valence-electron chi connectivity index (χ0n) is 15.3. The number of anilines is 1. The van der Waals surface area contributed by atoms with Crippen LogP contribution in [0.15, 0.2) is 18.5 Å². The third kappa shape index (κ3) is 5.15. The van der Waals surface area contributed by atoms with Gasteiger partial charge in [-0.05, 0) is 31.7 Å². The number of hydrogen-bond donors (Lipinski definition) is 3. The van der Waals surface area contributed by atoms with Gasteiger partial charge in [0.2, 0.25) is 23.7 Å². The Kier molecular flexibility index (Phi) is 6.56. The van der Waals surface area contributed by atoms with E-state index in [0.717, 1.165) is 32.4 Å². The van der Waals surface area contributed by atoms with Crippen LogP contribution in [-0.2, 0) is 14.4 Å². The monoisotopic (exact) mass is 374 g/mol. The van der Waals surface area contributed by atoms with Crippen LogP contribution in [0, 0.1) is 11.8 Å². The number of nitrogens with zero attached hydrogens (tertiary/aromatic N) is 3. The molecule has 3 rings (SSSR count). The average Bonchev–Trinajstić information content (AvgIpc) is 2.72. The zero-order valence-corrected chi connectivity index (χ0v) is 15.3. The third-order valence-corrected chi connectivity index (χ3v) is 5.03. The van der Waals surface area contributed by atoms with Crippen molar-refractivity contribution in [3.63, 3.8) is 0 Å². The lowest BCUT2D eigenvalue weighted by molar-refractivity contribution is -0.137. The molecule has 1 aromatic rings. The van der Waals surface area contributed by atoms with Crippen LogP contribution in [0.1, 0.15) is 25.7 Å². The molecule has 146 valence electrons. The Morgan fingerprint density at radius 3 is 2.41 bits per heavy atom. The first-order chi connectivity index (χ1) is 13.1. The van der Waals surface area contributed by atoms with Gasteiger partial charge in [0.15, 0.2) is 0 Å². The number of piperidine rings is 2. The second-order valence-corrected chi connectivity index (χ2v) is 6.88. The molecule has 0 aliphatic carbocycles. The number of hydrogen-bond acceptors (Lipinski definition) is 6. The van der Waals surface area contributed by atoms with Crippen LogP contribution in [0.25, 0.3) is 0 Å². The first-order valence-electron chi connectivity index (χ1n) is 9.50. The quantitative estimate of drug-likeness (QED) is 0.455. The van der Waals surface area contributed by atoms with E-state index in [9.17, 15) is 14.4 Å². The third-order valence-electron chi connectivity index (χ3n) is 5.03. The highest BCUT2D eigenvalue weighted by atomic mass is 16.2. The largest absolute Gasteiger partial charge is 0.355 e. The van der Waals surface area contributed by atoms with Crippen molar-refractivity contribution in [3.8, 4) is 0 Å². The molecule has 2 saturated heterocycles. The first-order valence-corrected chi connectivity index (χ1v) is 9.50. The molecule has 0 spiro atoms. The second kappa shape index (κ2) is 9.29. The molecule has 0 saturated carbocycles. The fraction of sp³-hybridized carbons (Fsp3) is 0.611. The second-order valence-electron chi connectivity index (χ2n) is 6.88. The van der Waals surface area contributed by atoms with Crippen LogP contribution in [0.3, 0.4) is 0 Å². The molecule has 2 aliphatic heterocycles. The molecule has 1 aromatic heterocycles. The number of carbonyl (C=O) groups is 3. The summed E-state index contributed by atoms with van der Waals surface area (Å²) in [5.41, 5.74) is 0. The van der Waals surface area contributed by atoms with Crippen LogP contribution in [0.4, 0.5) is 5.95 Å². The number of nitrogens with one attached hydrogen (secondary N) is 3. The molecular formula is C18H26N6O3. The van der Waals surface area contributed by atoms with E-state index < -0.39 is 5.92 Å². The van der Waals surface area contributed by atoms with Gasteiger partial charge in [-0.15, -0.1) is 0 Å².